The monoisotopic (exact) mass is 247 g/mol. The number of nitrogens with zero attached hydrogens (tertiary/aromatic N) is 4. The number of hydrogen-bond donors (Lipinski definition) is 1. The molecule has 0 fully saturated rings. The second-order valence-electron chi connectivity index (χ2n) is 3.68. The third-order valence-electron chi connectivity index (χ3n) is 2.38. The summed E-state index contributed by atoms with van der Waals surface area (Å²) in [6.07, 6.45) is 0. The van der Waals surface area contributed by atoms with E-state index in [9.17, 15) is 4.79 Å². The van der Waals surface area contributed by atoms with E-state index >= 15 is 0 Å². The van der Waals surface area contributed by atoms with Crippen LogP contribution in [-0.4, -0.2) is 32.9 Å². The SMILES string of the molecule is NC(=O)Cn1nnc(-c2ccc3c(c2)OCO3)n1. The van der Waals surface area contributed by atoms with Crippen molar-refractivity contribution in [1.29, 1.82) is 0 Å². The van der Waals surface area contributed by atoms with Crippen LogP contribution < -0.4 is 15.2 Å². The number of tetrazole rings is 1. The Bertz CT molecular complexity index is 609. The first-order valence-electron chi connectivity index (χ1n) is 5.18. The number of fused-ring (bicyclic) bond motifs is 1. The summed E-state index contributed by atoms with van der Waals surface area (Å²) in [5.74, 6) is 1.20. The largest absolute Gasteiger partial charge is 0.454 e. The minimum Gasteiger partial charge on any atom is -0.454 e. The number of benzene rings is 1. The van der Waals surface area contributed by atoms with Gasteiger partial charge in [-0.3, -0.25) is 4.79 Å². The maximum Gasteiger partial charge on any atom is 0.241 e. The number of carbonyl (C=O) groups excluding carboxylic acids is 1. The highest BCUT2D eigenvalue weighted by Gasteiger charge is 2.16. The summed E-state index contributed by atoms with van der Waals surface area (Å²) in [6, 6.07) is 5.32. The molecule has 2 aromatic rings. The number of primary amides is 1. The van der Waals surface area contributed by atoms with E-state index in [4.69, 9.17) is 15.2 Å². The molecule has 0 aliphatic carbocycles. The number of rotatable bonds is 3. The molecular formula is C10H9N5O3. The van der Waals surface area contributed by atoms with Crippen LogP contribution in [0.5, 0.6) is 11.5 Å². The van der Waals surface area contributed by atoms with Crippen molar-refractivity contribution >= 4 is 5.91 Å². The Labute approximate surface area is 101 Å². The number of amides is 1. The minimum atomic E-state index is -0.523. The van der Waals surface area contributed by atoms with Crippen LogP contribution in [0.15, 0.2) is 18.2 Å². The van der Waals surface area contributed by atoms with E-state index in [0.717, 1.165) is 10.4 Å². The maximum absolute atomic E-state index is 10.7. The number of hydrogen-bond acceptors (Lipinski definition) is 6. The van der Waals surface area contributed by atoms with Crippen LogP contribution >= 0.6 is 0 Å². The van der Waals surface area contributed by atoms with Crippen molar-refractivity contribution in [3.05, 3.63) is 18.2 Å². The zero-order valence-electron chi connectivity index (χ0n) is 9.24. The van der Waals surface area contributed by atoms with Crippen molar-refractivity contribution in [2.75, 3.05) is 6.79 Å². The Morgan fingerprint density at radius 1 is 1.39 bits per heavy atom. The molecule has 0 saturated carbocycles. The lowest BCUT2D eigenvalue weighted by Crippen LogP contribution is -2.20. The van der Waals surface area contributed by atoms with Crippen molar-refractivity contribution in [1.82, 2.24) is 20.2 Å². The highest BCUT2D eigenvalue weighted by molar-refractivity contribution is 5.73. The second-order valence-corrected chi connectivity index (χ2v) is 3.68. The molecule has 1 aromatic heterocycles. The Balaban J connectivity index is 1.90. The second kappa shape index (κ2) is 3.99. The fourth-order valence-electron chi connectivity index (χ4n) is 1.60. The Kier molecular flexibility index (Phi) is 2.33. The lowest BCUT2D eigenvalue weighted by Gasteiger charge is -1.97. The first-order chi connectivity index (χ1) is 8.72. The van der Waals surface area contributed by atoms with Gasteiger partial charge in [0.1, 0.15) is 6.54 Å². The van der Waals surface area contributed by atoms with E-state index in [-0.39, 0.29) is 13.3 Å². The molecule has 0 radical (unpaired) electrons. The molecule has 2 heterocycles. The molecule has 1 amide bonds. The minimum absolute atomic E-state index is 0.0997. The van der Waals surface area contributed by atoms with Gasteiger partial charge in [0.15, 0.2) is 11.5 Å². The van der Waals surface area contributed by atoms with E-state index < -0.39 is 5.91 Å². The fraction of sp³-hybridized carbons (Fsp3) is 0.200. The molecule has 8 nitrogen and oxygen atoms in total. The van der Waals surface area contributed by atoms with Crippen LogP contribution in [0.1, 0.15) is 0 Å². The van der Waals surface area contributed by atoms with Crippen LogP contribution in [0.2, 0.25) is 0 Å². The van der Waals surface area contributed by atoms with Gasteiger partial charge in [-0.1, -0.05) is 0 Å². The molecule has 0 saturated heterocycles. The highest BCUT2D eigenvalue weighted by Crippen LogP contribution is 2.34. The smallest absolute Gasteiger partial charge is 0.241 e. The van der Waals surface area contributed by atoms with Crippen molar-refractivity contribution in [2.24, 2.45) is 5.73 Å². The lowest BCUT2D eigenvalue weighted by atomic mass is 10.2. The summed E-state index contributed by atoms with van der Waals surface area (Å²) in [4.78, 5) is 11.9. The van der Waals surface area contributed by atoms with Gasteiger partial charge >= 0.3 is 0 Å². The Hall–Kier alpha value is -2.64. The van der Waals surface area contributed by atoms with Gasteiger partial charge in [0.05, 0.1) is 0 Å². The van der Waals surface area contributed by atoms with Crippen LogP contribution in [0.25, 0.3) is 11.4 Å². The molecule has 1 aliphatic heterocycles. The van der Waals surface area contributed by atoms with Crippen molar-refractivity contribution in [3.63, 3.8) is 0 Å². The standard InChI is InChI=1S/C10H9N5O3/c11-9(16)4-15-13-10(12-14-15)6-1-2-7-8(3-6)18-5-17-7/h1-3H,4-5H2,(H2,11,16). The average molecular weight is 247 g/mol. The van der Waals surface area contributed by atoms with Gasteiger partial charge in [-0.25, -0.2) is 0 Å². The van der Waals surface area contributed by atoms with Gasteiger partial charge in [0, 0.05) is 5.56 Å². The van der Waals surface area contributed by atoms with Crippen LogP contribution in [-0.2, 0) is 11.3 Å². The summed E-state index contributed by atoms with van der Waals surface area (Å²) in [6.45, 7) is 0.109. The van der Waals surface area contributed by atoms with Crippen molar-refractivity contribution in [2.45, 2.75) is 6.54 Å². The van der Waals surface area contributed by atoms with Gasteiger partial charge < -0.3 is 15.2 Å². The third kappa shape index (κ3) is 1.83. The first-order valence-corrected chi connectivity index (χ1v) is 5.18. The summed E-state index contributed by atoms with van der Waals surface area (Å²) in [5.41, 5.74) is 5.77. The topological polar surface area (TPSA) is 105 Å². The molecule has 1 aromatic carbocycles. The number of ether oxygens (including phenoxy) is 2. The van der Waals surface area contributed by atoms with Crippen LogP contribution in [0.4, 0.5) is 0 Å². The molecule has 8 heteroatoms. The molecule has 18 heavy (non-hydrogen) atoms. The van der Waals surface area contributed by atoms with Crippen molar-refractivity contribution in [3.8, 4) is 22.9 Å². The molecule has 2 N–H and O–H groups in total. The Morgan fingerprint density at radius 3 is 3.06 bits per heavy atom. The predicted octanol–water partition coefficient (Wildman–Crippen LogP) is -0.446. The Morgan fingerprint density at radius 2 is 2.22 bits per heavy atom. The molecule has 0 atom stereocenters. The lowest BCUT2D eigenvalue weighted by molar-refractivity contribution is -0.118. The van der Waals surface area contributed by atoms with Gasteiger partial charge in [0.2, 0.25) is 18.5 Å². The normalized spacial score (nSPS) is 12.7. The van der Waals surface area contributed by atoms with Gasteiger partial charge in [-0.15, -0.1) is 10.2 Å². The molecule has 0 spiro atoms. The molecule has 1 aliphatic rings. The molecule has 92 valence electrons. The van der Waals surface area contributed by atoms with E-state index in [0.29, 0.717) is 17.3 Å². The first kappa shape index (κ1) is 10.5. The zero-order chi connectivity index (χ0) is 12.5. The highest BCUT2D eigenvalue weighted by atomic mass is 16.7. The molecular weight excluding hydrogens is 238 g/mol. The summed E-state index contributed by atoms with van der Waals surface area (Å²) in [5, 5.41) is 11.6. The summed E-state index contributed by atoms with van der Waals surface area (Å²) in [7, 11) is 0. The van der Waals surface area contributed by atoms with E-state index in [2.05, 4.69) is 15.4 Å². The van der Waals surface area contributed by atoms with Gasteiger partial charge in [-0.2, -0.15) is 4.80 Å². The fourth-order valence-corrected chi connectivity index (χ4v) is 1.60. The van der Waals surface area contributed by atoms with Crippen LogP contribution in [0.3, 0.4) is 0 Å². The van der Waals surface area contributed by atoms with Crippen molar-refractivity contribution < 1.29 is 14.3 Å². The third-order valence-corrected chi connectivity index (χ3v) is 2.38. The summed E-state index contributed by atoms with van der Waals surface area (Å²) < 4.78 is 10.5. The zero-order valence-corrected chi connectivity index (χ0v) is 9.24. The van der Waals surface area contributed by atoms with Gasteiger partial charge in [-0.05, 0) is 23.4 Å². The molecule has 0 bridgehead atoms. The number of carbonyl (C=O) groups is 1. The maximum atomic E-state index is 10.7. The van der Waals surface area contributed by atoms with E-state index in [1.807, 2.05) is 0 Å². The number of nitrogens with two attached hydrogens (primary N) is 1. The quantitative estimate of drug-likeness (QED) is 0.787. The molecule has 3 rings (SSSR count). The van der Waals surface area contributed by atoms with Crippen LogP contribution in [0, 0.1) is 0 Å². The van der Waals surface area contributed by atoms with E-state index in [1.165, 1.54) is 0 Å². The summed E-state index contributed by atoms with van der Waals surface area (Å²) >= 11 is 0. The number of aromatic nitrogens is 4. The van der Waals surface area contributed by atoms with E-state index in [1.54, 1.807) is 18.2 Å². The van der Waals surface area contributed by atoms with Gasteiger partial charge in [0.25, 0.3) is 0 Å². The predicted molar refractivity (Wildman–Crippen MR) is 58.6 cm³/mol. The average Bonchev–Trinajstić information content (AvgIpc) is 2.95. The molecule has 0 unspecified atom stereocenters.